The van der Waals surface area contributed by atoms with Gasteiger partial charge < -0.3 is 10.2 Å². The van der Waals surface area contributed by atoms with Crippen LogP contribution in [0.2, 0.25) is 0 Å². The van der Waals surface area contributed by atoms with Crippen molar-refractivity contribution in [1.29, 1.82) is 0 Å². The second-order valence-corrected chi connectivity index (χ2v) is 6.88. The molecule has 1 rings (SSSR count). The van der Waals surface area contributed by atoms with Gasteiger partial charge in [-0.15, -0.1) is 0 Å². The lowest BCUT2D eigenvalue weighted by Crippen LogP contribution is -2.33. The largest absolute Gasteiger partial charge is 0.385 e. The first-order valence-corrected chi connectivity index (χ1v) is 8.50. The first-order chi connectivity index (χ1) is 10.4. The normalized spacial score (nSPS) is 11.3. The molecule has 0 radical (unpaired) electrons. The van der Waals surface area contributed by atoms with Crippen LogP contribution in [-0.2, 0) is 10.2 Å². The van der Waals surface area contributed by atoms with Crippen LogP contribution >= 0.6 is 0 Å². The van der Waals surface area contributed by atoms with Crippen molar-refractivity contribution in [2.24, 2.45) is 0 Å². The van der Waals surface area contributed by atoms with Crippen molar-refractivity contribution in [1.82, 2.24) is 4.90 Å². The minimum atomic E-state index is 0.176. The third-order valence-corrected chi connectivity index (χ3v) is 3.76. The topological polar surface area (TPSA) is 32.3 Å². The summed E-state index contributed by atoms with van der Waals surface area (Å²) in [6.45, 7) is 13.3. The maximum absolute atomic E-state index is 12.2. The van der Waals surface area contributed by atoms with Crippen LogP contribution in [-0.4, -0.2) is 30.4 Å². The molecule has 1 N–H and O–H groups in total. The molecule has 0 spiro atoms. The molecule has 1 amide bonds. The van der Waals surface area contributed by atoms with Gasteiger partial charge in [0.05, 0.1) is 0 Å². The van der Waals surface area contributed by atoms with Crippen molar-refractivity contribution in [2.45, 2.75) is 59.3 Å². The molecule has 1 aromatic rings. The molecule has 124 valence electrons. The average molecular weight is 304 g/mol. The van der Waals surface area contributed by atoms with Gasteiger partial charge in [-0.3, -0.25) is 4.79 Å². The number of carbonyl (C=O) groups excluding carboxylic acids is 1. The third-order valence-electron chi connectivity index (χ3n) is 3.76. The zero-order valence-electron chi connectivity index (χ0n) is 14.9. The van der Waals surface area contributed by atoms with Crippen LogP contribution in [0.15, 0.2) is 24.3 Å². The average Bonchev–Trinajstić information content (AvgIpc) is 2.46. The molecule has 0 aliphatic carbocycles. The molecule has 0 saturated carbocycles. The molecule has 0 aliphatic heterocycles. The van der Waals surface area contributed by atoms with E-state index in [0.29, 0.717) is 13.0 Å². The van der Waals surface area contributed by atoms with Crippen LogP contribution < -0.4 is 5.32 Å². The fraction of sp³-hybridized carbons (Fsp3) is 0.632. The SMILES string of the molecule is CCCN(CCC)C(=O)CCNc1ccc(C(C)(C)C)cc1. The number of anilines is 1. The number of hydrogen-bond donors (Lipinski definition) is 1. The Morgan fingerprint density at radius 3 is 2.05 bits per heavy atom. The van der Waals surface area contributed by atoms with E-state index in [1.807, 2.05) is 4.90 Å². The Hall–Kier alpha value is -1.51. The van der Waals surface area contributed by atoms with E-state index in [1.165, 1.54) is 5.56 Å². The fourth-order valence-corrected chi connectivity index (χ4v) is 2.46. The highest BCUT2D eigenvalue weighted by atomic mass is 16.2. The molecule has 3 nitrogen and oxygen atoms in total. The molecule has 22 heavy (non-hydrogen) atoms. The molecule has 0 fully saturated rings. The van der Waals surface area contributed by atoms with Gasteiger partial charge in [0.1, 0.15) is 0 Å². The van der Waals surface area contributed by atoms with Crippen molar-refractivity contribution in [3.63, 3.8) is 0 Å². The molecule has 0 aromatic heterocycles. The maximum Gasteiger partial charge on any atom is 0.224 e. The Kier molecular flexibility index (Phi) is 7.43. The minimum absolute atomic E-state index is 0.176. The molecule has 0 atom stereocenters. The Labute approximate surface area is 136 Å². The lowest BCUT2D eigenvalue weighted by molar-refractivity contribution is -0.131. The van der Waals surface area contributed by atoms with Gasteiger partial charge in [-0.05, 0) is 36.0 Å². The number of nitrogens with one attached hydrogen (secondary N) is 1. The van der Waals surface area contributed by atoms with E-state index < -0.39 is 0 Å². The number of benzene rings is 1. The van der Waals surface area contributed by atoms with Crippen molar-refractivity contribution in [3.8, 4) is 0 Å². The smallest absolute Gasteiger partial charge is 0.224 e. The van der Waals surface area contributed by atoms with Crippen LogP contribution in [0.1, 0.15) is 59.4 Å². The van der Waals surface area contributed by atoms with E-state index in [-0.39, 0.29) is 11.3 Å². The lowest BCUT2D eigenvalue weighted by Gasteiger charge is -2.22. The Bertz CT molecular complexity index is 439. The van der Waals surface area contributed by atoms with E-state index in [4.69, 9.17) is 0 Å². The summed E-state index contributed by atoms with van der Waals surface area (Å²) in [6.07, 6.45) is 2.60. The van der Waals surface area contributed by atoms with E-state index >= 15 is 0 Å². The fourth-order valence-electron chi connectivity index (χ4n) is 2.46. The minimum Gasteiger partial charge on any atom is -0.385 e. The van der Waals surface area contributed by atoms with Gasteiger partial charge in [-0.1, -0.05) is 46.8 Å². The van der Waals surface area contributed by atoms with Crippen molar-refractivity contribution < 1.29 is 4.79 Å². The van der Waals surface area contributed by atoms with Crippen LogP contribution in [0.3, 0.4) is 0 Å². The highest BCUT2D eigenvalue weighted by molar-refractivity contribution is 5.76. The predicted octanol–water partition coefficient (Wildman–Crippen LogP) is 4.43. The van der Waals surface area contributed by atoms with Gasteiger partial charge in [-0.2, -0.15) is 0 Å². The third kappa shape index (κ3) is 6.08. The number of hydrogen-bond acceptors (Lipinski definition) is 2. The van der Waals surface area contributed by atoms with E-state index in [9.17, 15) is 4.79 Å². The lowest BCUT2D eigenvalue weighted by atomic mass is 9.87. The molecule has 0 bridgehead atoms. The van der Waals surface area contributed by atoms with Crippen LogP contribution in [0.25, 0.3) is 0 Å². The van der Waals surface area contributed by atoms with E-state index in [0.717, 1.165) is 31.6 Å². The zero-order chi connectivity index (χ0) is 16.6. The first-order valence-electron chi connectivity index (χ1n) is 8.50. The summed E-state index contributed by atoms with van der Waals surface area (Å²) < 4.78 is 0. The number of rotatable bonds is 8. The van der Waals surface area contributed by atoms with Crippen molar-refractivity contribution in [2.75, 3.05) is 25.0 Å². The molecule has 0 heterocycles. The van der Waals surface area contributed by atoms with E-state index in [1.54, 1.807) is 0 Å². The molecule has 0 unspecified atom stereocenters. The highest BCUT2D eigenvalue weighted by Gasteiger charge is 2.13. The zero-order valence-corrected chi connectivity index (χ0v) is 14.9. The van der Waals surface area contributed by atoms with Crippen molar-refractivity contribution >= 4 is 11.6 Å². The standard InChI is InChI=1S/C19H32N2O/c1-6-14-21(15-7-2)18(22)12-13-20-17-10-8-16(9-11-17)19(3,4)5/h8-11,20H,6-7,12-15H2,1-5H3. The number of carbonyl (C=O) groups is 1. The summed E-state index contributed by atoms with van der Waals surface area (Å²) in [5.74, 6) is 0.252. The second kappa shape index (κ2) is 8.82. The molecule has 3 heteroatoms. The highest BCUT2D eigenvalue weighted by Crippen LogP contribution is 2.23. The van der Waals surface area contributed by atoms with E-state index in [2.05, 4.69) is 64.2 Å². The summed E-state index contributed by atoms with van der Waals surface area (Å²) in [5.41, 5.74) is 2.58. The summed E-state index contributed by atoms with van der Waals surface area (Å²) in [6, 6.07) is 8.51. The molecule has 0 aliphatic rings. The molecule has 0 saturated heterocycles. The van der Waals surface area contributed by atoms with Gasteiger partial charge in [0.15, 0.2) is 0 Å². The monoisotopic (exact) mass is 304 g/mol. The van der Waals surface area contributed by atoms with Gasteiger partial charge in [-0.25, -0.2) is 0 Å². The summed E-state index contributed by atoms with van der Waals surface area (Å²) in [4.78, 5) is 14.2. The second-order valence-electron chi connectivity index (χ2n) is 6.88. The van der Waals surface area contributed by atoms with Gasteiger partial charge in [0.25, 0.3) is 0 Å². The maximum atomic E-state index is 12.2. The van der Waals surface area contributed by atoms with Crippen LogP contribution in [0.5, 0.6) is 0 Å². The van der Waals surface area contributed by atoms with Crippen LogP contribution in [0, 0.1) is 0 Å². The van der Waals surface area contributed by atoms with Crippen molar-refractivity contribution in [3.05, 3.63) is 29.8 Å². The molecular weight excluding hydrogens is 272 g/mol. The summed E-state index contributed by atoms with van der Waals surface area (Å²) in [7, 11) is 0. The number of nitrogens with zero attached hydrogens (tertiary/aromatic N) is 1. The number of amides is 1. The van der Waals surface area contributed by atoms with Gasteiger partial charge in [0, 0.05) is 31.7 Å². The van der Waals surface area contributed by atoms with Gasteiger partial charge in [0.2, 0.25) is 5.91 Å². The molecular formula is C19H32N2O. The summed E-state index contributed by atoms with van der Waals surface area (Å²) in [5, 5.41) is 3.35. The quantitative estimate of drug-likeness (QED) is 0.770. The molecule has 1 aromatic carbocycles. The Morgan fingerprint density at radius 2 is 1.59 bits per heavy atom. The predicted molar refractivity (Wildman–Crippen MR) is 95.4 cm³/mol. The first kappa shape index (κ1) is 18.5. The van der Waals surface area contributed by atoms with Gasteiger partial charge >= 0.3 is 0 Å². The van der Waals surface area contributed by atoms with Crippen LogP contribution in [0.4, 0.5) is 5.69 Å². The summed E-state index contributed by atoms with van der Waals surface area (Å²) >= 11 is 0. The Balaban J connectivity index is 2.44. The Morgan fingerprint density at radius 1 is 1.05 bits per heavy atom.